The molecule has 0 aliphatic rings. The molecule has 0 saturated carbocycles. The normalized spacial score (nSPS) is 9.00. The highest BCUT2D eigenvalue weighted by molar-refractivity contribution is 5.29. The Bertz CT molecular complexity index is 189. The van der Waals surface area contributed by atoms with Gasteiger partial charge < -0.3 is 9.47 Å². The van der Waals surface area contributed by atoms with Gasteiger partial charge in [0.15, 0.2) is 0 Å². The van der Waals surface area contributed by atoms with Gasteiger partial charge in [-0.3, -0.25) is 0 Å². The van der Waals surface area contributed by atoms with Crippen molar-refractivity contribution in [1.29, 1.82) is 0 Å². The quantitative estimate of drug-likeness (QED) is 0.610. The molecular formula is C8H8O2. The zero-order valence-corrected chi connectivity index (χ0v) is 5.97. The van der Waals surface area contributed by atoms with Gasteiger partial charge >= 0.3 is 0 Å². The highest BCUT2D eigenvalue weighted by Gasteiger charge is 1.93. The second-order valence-corrected chi connectivity index (χ2v) is 1.70. The molecule has 0 bridgehead atoms. The summed E-state index contributed by atoms with van der Waals surface area (Å²) in [6, 6.07) is 9.18. The molecule has 0 aliphatic heterocycles. The summed E-state index contributed by atoms with van der Waals surface area (Å²) >= 11 is 0. The van der Waals surface area contributed by atoms with Crippen LogP contribution in [0.5, 0.6) is 11.5 Å². The van der Waals surface area contributed by atoms with Gasteiger partial charge in [-0.1, -0.05) is 0 Å². The SMILES string of the molecule is COc1[c]ccc(OC)[c]1. The van der Waals surface area contributed by atoms with Gasteiger partial charge in [0.25, 0.3) is 0 Å². The molecule has 0 fully saturated rings. The second-order valence-electron chi connectivity index (χ2n) is 1.70. The molecular weight excluding hydrogens is 128 g/mol. The highest BCUT2D eigenvalue weighted by Crippen LogP contribution is 2.15. The van der Waals surface area contributed by atoms with E-state index in [1.54, 1.807) is 26.4 Å². The molecule has 0 amide bonds. The predicted octanol–water partition coefficient (Wildman–Crippen LogP) is 1.30. The van der Waals surface area contributed by atoms with Gasteiger partial charge in [0.2, 0.25) is 0 Å². The van der Waals surface area contributed by atoms with Crippen molar-refractivity contribution in [3.05, 3.63) is 24.3 Å². The maximum Gasteiger partial charge on any atom is 0.138 e. The Morgan fingerprint density at radius 3 is 2.70 bits per heavy atom. The third-order valence-electron chi connectivity index (χ3n) is 1.11. The van der Waals surface area contributed by atoms with Crippen LogP contribution in [-0.2, 0) is 0 Å². The molecule has 0 aromatic heterocycles. The molecule has 0 unspecified atom stereocenters. The van der Waals surface area contributed by atoms with E-state index in [1.165, 1.54) is 0 Å². The van der Waals surface area contributed by atoms with Crippen molar-refractivity contribution in [1.82, 2.24) is 0 Å². The van der Waals surface area contributed by atoms with E-state index in [2.05, 4.69) is 12.1 Å². The first-order chi connectivity index (χ1) is 4.86. The van der Waals surface area contributed by atoms with Crippen molar-refractivity contribution in [2.75, 3.05) is 14.2 Å². The van der Waals surface area contributed by atoms with Crippen molar-refractivity contribution < 1.29 is 9.47 Å². The number of hydrogen-bond donors (Lipinski definition) is 0. The van der Waals surface area contributed by atoms with E-state index in [4.69, 9.17) is 9.47 Å². The molecule has 2 heteroatoms. The summed E-state index contributed by atoms with van der Waals surface area (Å²) in [5.41, 5.74) is 0. The maximum absolute atomic E-state index is 4.90. The molecule has 2 radical (unpaired) electrons. The van der Waals surface area contributed by atoms with E-state index in [-0.39, 0.29) is 0 Å². The average molecular weight is 136 g/mol. The minimum atomic E-state index is 0.569. The van der Waals surface area contributed by atoms with Gasteiger partial charge in [-0.05, 0) is 12.1 Å². The Morgan fingerprint density at radius 2 is 2.10 bits per heavy atom. The lowest BCUT2D eigenvalue weighted by atomic mass is 10.3. The zero-order chi connectivity index (χ0) is 7.40. The smallest absolute Gasteiger partial charge is 0.138 e. The van der Waals surface area contributed by atoms with Crippen molar-refractivity contribution in [3.8, 4) is 11.5 Å². The van der Waals surface area contributed by atoms with E-state index < -0.39 is 0 Å². The van der Waals surface area contributed by atoms with Crippen LogP contribution in [0.3, 0.4) is 0 Å². The number of ether oxygens (including phenoxy) is 2. The Balaban J connectivity index is 2.87. The van der Waals surface area contributed by atoms with Crippen molar-refractivity contribution in [2.45, 2.75) is 0 Å². The number of methoxy groups -OCH3 is 2. The lowest BCUT2D eigenvalue weighted by Crippen LogP contribution is -1.85. The molecule has 0 atom stereocenters. The van der Waals surface area contributed by atoms with E-state index in [1.807, 2.05) is 0 Å². The largest absolute Gasteiger partial charge is 0.496 e. The van der Waals surface area contributed by atoms with Gasteiger partial charge in [0.1, 0.15) is 11.5 Å². The molecule has 0 N–H and O–H groups in total. The van der Waals surface area contributed by atoms with Gasteiger partial charge in [-0.15, -0.1) is 0 Å². The van der Waals surface area contributed by atoms with Crippen LogP contribution in [0, 0.1) is 12.1 Å². The lowest BCUT2D eigenvalue weighted by Gasteiger charge is -2.00. The molecule has 1 aromatic rings. The minimum absolute atomic E-state index is 0.569. The van der Waals surface area contributed by atoms with Crippen LogP contribution in [0.4, 0.5) is 0 Å². The van der Waals surface area contributed by atoms with Gasteiger partial charge in [-0.2, -0.15) is 0 Å². The predicted molar refractivity (Wildman–Crippen MR) is 37.2 cm³/mol. The molecule has 0 aliphatic carbocycles. The van der Waals surface area contributed by atoms with Crippen LogP contribution in [0.15, 0.2) is 12.1 Å². The fourth-order valence-electron chi connectivity index (χ4n) is 0.612. The summed E-state index contributed by atoms with van der Waals surface area (Å²) in [6.45, 7) is 0. The third-order valence-corrected chi connectivity index (χ3v) is 1.11. The summed E-state index contributed by atoms with van der Waals surface area (Å²) in [5.74, 6) is 1.23. The summed E-state index contributed by atoms with van der Waals surface area (Å²) in [6.07, 6.45) is 0. The van der Waals surface area contributed by atoms with Crippen LogP contribution < -0.4 is 9.47 Å². The lowest BCUT2D eigenvalue weighted by molar-refractivity contribution is 0.392. The van der Waals surface area contributed by atoms with Crippen LogP contribution in [0.1, 0.15) is 0 Å². The van der Waals surface area contributed by atoms with Crippen molar-refractivity contribution >= 4 is 0 Å². The van der Waals surface area contributed by atoms with Crippen molar-refractivity contribution in [3.63, 3.8) is 0 Å². The molecule has 52 valence electrons. The monoisotopic (exact) mass is 136 g/mol. The van der Waals surface area contributed by atoms with E-state index in [9.17, 15) is 0 Å². The summed E-state index contributed by atoms with van der Waals surface area (Å²) in [7, 11) is 3.16. The molecule has 10 heavy (non-hydrogen) atoms. The molecule has 1 aromatic carbocycles. The average Bonchev–Trinajstić information content (AvgIpc) is 2.05. The molecule has 0 saturated heterocycles. The van der Waals surface area contributed by atoms with E-state index in [0.717, 1.165) is 0 Å². The summed E-state index contributed by atoms with van der Waals surface area (Å²) in [5, 5.41) is 0. The van der Waals surface area contributed by atoms with Crippen molar-refractivity contribution in [2.24, 2.45) is 0 Å². The Kier molecular flexibility index (Phi) is 2.15. The fourth-order valence-corrected chi connectivity index (χ4v) is 0.612. The Labute approximate surface area is 60.4 Å². The highest BCUT2D eigenvalue weighted by atomic mass is 16.5. The number of hydrogen-bond acceptors (Lipinski definition) is 2. The van der Waals surface area contributed by atoms with Crippen LogP contribution >= 0.6 is 0 Å². The topological polar surface area (TPSA) is 18.5 Å². The Morgan fingerprint density at radius 1 is 1.30 bits per heavy atom. The van der Waals surface area contributed by atoms with Gasteiger partial charge in [0, 0.05) is 6.07 Å². The Hall–Kier alpha value is -1.18. The van der Waals surface area contributed by atoms with Gasteiger partial charge in [0.05, 0.1) is 20.3 Å². The zero-order valence-electron chi connectivity index (χ0n) is 5.97. The fraction of sp³-hybridized carbons (Fsp3) is 0.250. The summed E-state index contributed by atoms with van der Waals surface area (Å²) < 4.78 is 9.77. The van der Waals surface area contributed by atoms with Crippen LogP contribution in [0.2, 0.25) is 0 Å². The van der Waals surface area contributed by atoms with E-state index >= 15 is 0 Å². The first-order valence-electron chi connectivity index (χ1n) is 2.89. The summed E-state index contributed by atoms with van der Waals surface area (Å²) in [4.78, 5) is 0. The first kappa shape index (κ1) is 6.93. The molecule has 0 heterocycles. The van der Waals surface area contributed by atoms with Crippen LogP contribution in [-0.4, -0.2) is 14.2 Å². The second kappa shape index (κ2) is 3.11. The van der Waals surface area contributed by atoms with Crippen LogP contribution in [0.25, 0.3) is 0 Å². The van der Waals surface area contributed by atoms with E-state index in [0.29, 0.717) is 11.5 Å². The number of benzene rings is 1. The molecule has 0 spiro atoms. The minimum Gasteiger partial charge on any atom is -0.496 e. The third kappa shape index (κ3) is 1.41. The van der Waals surface area contributed by atoms with Gasteiger partial charge in [-0.25, -0.2) is 0 Å². The first-order valence-corrected chi connectivity index (χ1v) is 2.89. The molecule has 1 rings (SSSR count). The maximum atomic E-state index is 4.90. The number of rotatable bonds is 2. The molecule has 2 nitrogen and oxygen atoms in total. The standard InChI is InChI=1S/C8H8O2/c1-9-7-4-3-5-8(6-7)10-2/h3-4H,1-2H3.